The number of carbonyl (C=O) groups is 1. The molecule has 2 N–H and O–H groups in total. The number of pyridine rings is 1. The van der Waals surface area contributed by atoms with Crippen LogP contribution in [0.4, 0.5) is 11.4 Å². The van der Waals surface area contributed by atoms with E-state index in [4.69, 9.17) is 14.9 Å². The molecule has 0 saturated heterocycles. The zero-order valence-corrected chi connectivity index (χ0v) is 16.7. The number of ether oxygens (including phenoxy) is 1. The molecular weight excluding hydrogens is 410 g/mol. The first-order chi connectivity index (χ1) is 14.3. The van der Waals surface area contributed by atoms with Crippen molar-refractivity contribution >= 4 is 38.9 Å². The molecule has 0 bridgehead atoms. The number of aryl methyl sites for hydroxylation is 2. The van der Waals surface area contributed by atoms with Crippen LogP contribution in [-0.2, 0) is 11.3 Å². The summed E-state index contributed by atoms with van der Waals surface area (Å²) in [4.78, 5) is 28.1. The minimum atomic E-state index is -0.609. The second kappa shape index (κ2) is 7.52. The summed E-state index contributed by atoms with van der Waals surface area (Å²) in [6.45, 7) is 3.55. The van der Waals surface area contributed by atoms with Gasteiger partial charge in [0.15, 0.2) is 6.61 Å². The van der Waals surface area contributed by atoms with Crippen molar-refractivity contribution in [1.29, 1.82) is 0 Å². The summed E-state index contributed by atoms with van der Waals surface area (Å²) in [7, 11) is 0. The van der Waals surface area contributed by atoms with Crippen LogP contribution >= 0.6 is 11.3 Å². The zero-order chi connectivity index (χ0) is 21.4. The number of nitro groups is 1. The molecule has 0 radical (unpaired) electrons. The lowest BCUT2D eigenvalue weighted by atomic mass is 10.1. The summed E-state index contributed by atoms with van der Waals surface area (Å²) >= 11 is 1.17. The van der Waals surface area contributed by atoms with Crippen molar-refractivity contribution in [2.24, 2.45) is 0 Å². The number of aromatic nitrogens is 3. The fraction of sp³-hybridized carbons (Fsp3) is 0.158. The molecule has 0 fully saturated rings. The molecule has 0 spiro atoms. The Bertz CT molecular complexity index is 1280. The van der Waals surface area contributed by atoms with E-state index in [0.29, 0.717) is 16.1 Å². The molecule has 0 aliphatic carbocycles. The maximum Gasteiger partial charge on any atom is 0.351 e. The van der Waals surface area contributed by atoms with Gasteiger partial charge in [-0.2, -0.15) is 0 Å². The Kier molecular flexibility index (Phi) is 4.88. The first-order valence-corrected chi connectivity index (χ1v) is 9.55. The van der Waals surface area contributed by atoms with Gasteiger partial charge in [-0.05, 0) is 37.6 Å². The molecule has 0 saturated carbocycles. The van der Waals surface area contributed by atoms with Gasteiger partial charge >= 0.3 is 5.97 Å². The lowest BCUT2D eigenvalue weighted by Gasteiger charge is -2.01. The number of benzene rings is 1. The highest BCUT2D eigenvalue weighted by Gasteiger charge is 2.21. The van der Waals surface area contributed by atoms with E-state index < -0.39 is 10.9 Å². The quantitative estimate of drug-likeness (QED) is 0.286. The summed E-state index contributed by atoms with van der Waals surface area (Å²) in [6.07, 6.45) is 0. The van der Waals surface area contributed by atoms with E-state index in [0.717, 1.165) is 16.6 Å². The topological polar surface area (TPSA) is 147 Å². The van der Waals surface area contributed by atoms with E-state index in [2.05, 4.69) is 15.2 Å². The summed E-state index contributed by atoms with van der Waals surface area (Å²) in [5, 5.41) is 19.2. The number of nitrogen functional groups attached to an aromatic ring is 1. The number of hydrogen-bond donors (Lipinski definition) is 1. The molecule has 0 amide bonds. The van der Waals surface area contributed by atoms with Gasteiger partial charge in [-0.1, -0.05) is 0 Å². The van der Waals surface area contributed by atoms with Crippen molar-refractivity contribution in [3.05, 3.63) is 62.5 Å². The Balaban J connectivity index is 1.48. The Hall–Kier alpha value is -3.86. The van der Waals surface area contributed by atoms with Crippen LogP contribution in [0, 0.1) is 24.0 Å². The number of esters is 1. The Morgan fingerprint density at radius 3 is 2.70 bits per heavy atom. The number of hydrogen-bond acceptors (Lipinski definition) is 10. The van der Waals surface area contributed by atoms with Gasteiger partial charge in [-0.15, -0.1) is 21.5 Å². The normalized spacial score (nSPS) is 11.0. The molecule has 1 aromatic carbocycles. The summed E-state index contributed by atoms with van der Waals surface area (Å²) < 4.78 is 10.7. The maximum absolute atomic E-state index is 12.5. The third-order valence-electron chi connectivity index (χ3n) is 4.33. The van der Waals surface area contributed by atoms with Crippen LogP contribution in [0.25, 0.3) is 21.7 Å². The Morgan fingerprint density at radius 2 is 2.00 bits per heavy atom. The van der Waals surface area contributed by atoms with Crippen molar-refractivity contribution in [2.75, 3.05) is 5.73 Å². The lowest BCUT2D eigenvalue weighted by Crippen LogP contribution is -2.06. The largest absolute Gasteiger partial charge is 0.451 e. The smallest absolute Gasteiger partial charge is 0.351 e. The standard InChI is InChI=1S/C19H15N5O5S/c1-9-7-10(2)21-18-14(9)15(20)16(30-18)19(25)28-8-13-22-23-17(29-13)11-3-5-12(6-4-11)24(26)27/h3-7H,8,20H2,1-2H3. The number of fused-ring (bicyclic) bond motifs is 1. The molecule has 4 rings (SSSR count). The van der Waals surface area contributed by atoms with Crippen LogP contribution in [0.1, 0.15) is 26.8 Å². The molecule has 10 nitrogen and oxygen atoms in total. The van der Waals surface area contributed by atoms with Gasteiger partial charge in [0.05, 0.1) is 10.6 Å². The second-order valence-electron chi connectivity index (χ2n) is 6.49. The van der Waals surface area contributed by atoms with E-state index in [1.807, 2.05) is 19.9 Å². The molecule has 3 heterocycles. The first kappa shape index (κ1) is 19.5. The van der Waals surface area contributed by atoms with Crippen molar-refractivity contribution in [2.45, 2.75) is 20.5 Å². The molecule has 0 aliphatic heterocycles. The third kappa shape index (κ3) is 3.57. The van der Waals surface area contributed by atoms with Crippen LogP contribution < -0.4 is 5.73 Å². The first-order valence-electron chi connectivity index (χ1n) is 8.74. The molecular formula is C19H15N5O5S. The van der Waals surface area contributed by atoms with Crippen LogP contribution in [0.2, 0.25) is 0 Å². The minimum Gasteiger partial charge on any atom is -0.451 e. The fourth-order valence-electron chi connectivity index (χ4n) is 2.97. The van der Waals surface area contributed by atoms with E-state index in [1.165, 1.54) is 35.6 Å². The summed E-state index contributed by atoms with van der Waals surface area (Å²) in [5.74, 6) is -0.364. The van der Waals surface area contributed by atoms with Crippen molar-refractivity contribution in [3.8, 4) is 11.5 Å². The van der Waals surface area contributed by atoms with Crippen LogP contribution in [-0.4, -0.2) is 26.1 Å². The van der Waals surface area contributed by atoms with Gasteiger partial charge in [0.25, 0.3) is 11.6 Å². The van der Waals surface area contributed by atoms with Crippen molar-refractivity contribution in [3.63, 3.8) is 0 Å². The van der Waals surface area contributed by atoms with E-state index >= 15 is 0 Å². The predicted octanol–water partition coefficient (Wildman–Crippen LogP) is 3.81. The highest BCUT2D eigenvalue weighted by atomic mass is 32.1. The fourth-order valence-corrected chi connectivity index (χ4v) is 4.08. The van der Waals surface area contributed by atoms with E-state index in [9.17, 15) is 14.9 Å². The monoisotopic (exact) mass is 425 g/mol. The molecule has 0 aliphatic rings. The lowest BCUT2D eigenvalue weighted by molar-refractivity contribution is -0.384. The summed E-state index contributed by atoms with van der Waals surface area (Å²) in [5.41, 5.74) is 8.72. The van der Waals surface area contributed by atoms with Crippen LogP contribution in [0.3, 0.4) is 0 Å². The Labute approximate surface area is 173 Å². The number of rotatable bonds is 5. The molecule has 0 unspecified atom stereocenters. The number of carbonyl (C=O) groups excluding carboxylic acids is 1. The van der Waals surface area contributed by atoms with Gasteiger partial charge in [0.1, 0.15) is 9.71 Å². The van der Waals surface area contributed by atoms with Crippen LogP contribution in [0.5, 0.6) is 0 Å². The predicted molar refractivity (Wildman–Crippen MR) is 109 cm³/mol. The van der Waals surface area contributed by atoms with E-state index in [1.54, 1.807) is 0 Å². The van der Waals surface area contributed by atoms with Gasteiger partial charge in [0.2, 0.25) is 5.89 Å². The number of non-ortho nitro benzene ring substituents is 1. The highest BCUT2D eigenvalue weighted by Crippen LogP contribution is 2.35. The molecule has 152 valence electrons. The minimum absolute atomic E-state index is 0.0479. The molecule has 4 aromatic rings. The van der Waals surface area contributed by atoms with Gasteiger partial charge in [0, 0.05) is 28.8 Å². The molecule has 11 heteroatoms. The zero-order valence-electron chi connectivity index (χ0n) is 15.9. The van der Waals surface area contributed by atoms with Crippen molar-refractivity contribution < 1.29 is 18.9 Å². The number of nitro benzene ring substituents is 1. The van der Waals surface area contributed by atoms with E-state index in [-0.39, 0.29) is 29.0 Å². The number of nitrogens with zero attached hydrogens (tertiary/aromatic N) is 4. The average molecular weight is 425 g/mol. The Morgan fingerprint density at radius 1 is 1.27 bits per heavy atom. The maximum atomic E-state index is 12.5. The van der Waals surface area contributed by atoms with Gasteiger partial charge < -0.3 is 14.9 Å². The average Bonchev–Trinajstić information content (AvgIpc) is 3.31. The molecule has 0 atom stereocenters. The molecule has 3 aromatic heterocycles. The highest BCUT2D eigenvalue weighted by molar-refractivity contribution is 7.21. The second-order valence-corrected chi connectivity index (χ2v) is 7.49. The summed E-state index contributed by atoms with van der Waals surface area (Å²) in [6, 6.07) is 7.56. The van der Waals surface area contributed by atoms with Gasteiger partial charge in [-0.3, -0.25) is 10.1 Å². The number of anilines is 1. The third-order valence-corrected chi connectivity index (χ3v) is 5.41. The molecule has 30 heavy (non-hydrogen) atoms. The number of thiophene rings is 1. The van der Waals surface area contributed by atoms with Gasteiger partial charge in [-0.25, -0.2) is 9.78 Å². The van der Waals surface area contributed by atoms with Crippen LogP contribution in [0.15, 0.2) is 34.7 Å². The number of nitrogens with two attached hydrogens (primary N) is 1. The van der Waals surface area contributed by atoms with Crippen molar-refractivity contribution in [1.82, 2.24) is 15.2 Å². The SMILES string of the molecule is Cc1cc(C)c2c(N)c(C(=O)OCc3nnc(-c4ccc([N+](=O)[O-])cc4)o3)sc2n1.